The van der Waals surface area contributed by atoms with Gasteiger partial charge in [0.25, 0.3) is 0 Å². The summed E-state index contributed by atoms with van der Waals surface area (Å²) in [5.41, 5.74) is 0.0964. The zero-order valence-corrected chi connectivity index (χ0v) is 15.0. The van der Waals surface area contributed by atoms with Gasteiger partial charge >= 0.3 is 5.97 Å². The normalized spacial score (nSPS) is 12.0. The highest BCUT2D eigenvalue weighted by Gasteiger charge is 2.39. The Morgan fingerprint density at radius 2 is 1.50 bits per heavy atom. The number of carbonyl (C=O) groups is 2. The molecule has 0 aliphatic carbocycles. The molecule has 0 unspecified atom stereocenters. The van der Waals surface area contributed by atoms with Crippen molar-refractivity contribution in [2.45, 2.75) is 47.3 Å². The third-order valence-corrected chi connectivity index (χ3v) is 3.91. The number of nitrogens with one attached hydrogen (secondary N) is 1. The second kappa shape index (κ2) is 7.77. The van der Waals surface area contributed by atoms with Gasteiger partial charge in [0.2, 0.25) is 5.91 Å². The molecule has 0 atom stereocenters. The predicted molar refractivity (Wildman–Crippen MR) is 91.1 cm³/mol. The average molecular weight is 337 g/mol. The number of methoxy groups -OCH3 is 1. The summed E-state index contributed by atoms with van der Waals surface area (Å²) in [6, 6.07) is 4.97. The minimum atomic E-state index is -0.813. The molecule has 3 N–H and O–H groups in total. The Bertz CT molecular complexity index is 585. The number of ether oxygens (including phenoxy) is 1. The summed E-state index contributed by atoms with van der Waals surface area (Å²) in [6.45, 7) is 6.63. The summed E-state index contributed by atoms with van der Waals surface area (Å²) in [5.74, 6) is -0.619. The molecule has 0 heterocycles. The minimum absolute atomic E-state index is 0.185. The maximum absolute atomic E-state index is 12.6. The number of aliphatic hydroxyl groups excluding tert-OH is 2. The SMILES string of the molecule is COC(=O)C(C)(C)CC(C)(C)C(=O)Nc1cc(CO)cc(CO)c1. The number of aliphatic hydroxyl groups is 2. The van der Waals surface area contributed by atoms with Gasteiger partial charge in [-0.1, -0.05) is 19.9 Å². The van der Waals surface area contributed by atoms with E-state index in [9.17, 15) is 19.8 Å². The van der Waals surface area contributed by atoms with Crippen molar-refractivity contribution in [2.75, 3.05) is 12.4 Å². The van der Waals surface area contributed by atoms with E-state index in [2.05, 4.69) is 5.32 Å². The van der Waals surface area contributed by atoms with E-state index in [1.807, 2.05) is 0 Å². The first kappa shape index (κ1) is 20.1. The quantitative estimate of drug-likeness (QED) is 0.663. The second-order valence-electron chi connectivity index (χ2n) is 7.24. The van der Waals surface area contributed by atoms with Crippen LogP contribution in [0.2, 0.25) is 0 Å². The molecule has 0 aromatic heterocycles. The van der Waals surface area contributed by atoms with Gasteiger partial charge in [0.1, 0.15) is 0 Å². The van der Waals surface area contributed by atoms with Crippen molar-refractivity contribution in [1.29, 1.82) is 0 Å². The molecule has 0 aliphatic heterocycles. The maximum atomic E-state index is 12.6. The summed E-state index contributed by atoms with van der Waals surface area (Å²) in [7, 11) is 1.33. The van der Waals surface area contributed by atoms with E-state index in [1.165, 1.54) is 7.11 Å². The third kappa shape index (κ3) is 5.04. The Labute approximate surface area is 142 Å². The third-order valence-electron chi connectivity index (χ3n) is 3.91. The van der Waals surface area contributed by atoms with Crippen molar-refractivity contribution in [3.8, 4) is 0 Å². The lowest BCUT2D eigenvalue weighted by molar-refractivity contribution is -0.153. The number of carbonyl (C=O) groups excluding carboxylic acids is 2. The van der Waals surface area contributed by atoms with Crippen molar-refractivity contribution < 1.29 is 24.5 Å². The Balaban J connectivity index is 2.95. The molecule has 134 valence electrons. The van der Waals surface area contributed by atoms with Crippen LogP contribution in [0.4, 0.5) is 5.69 Å². The number of hydrogen-bond acceptors (Lipinski definition) is 5. The highest BCUT2D eigenvalue weighted by atomic mass is 16.5. The van der Waals surface area contributed by atoms with Crippen LogP contribution in [0, 0.1) is 10.8 Å². The van der Waals surface area contributed by atoms with E-state index in [1.54, 1.807) is 45.9 Å². The lowest BCUT2D eigenvalue weighted by Gasteiger charge is -2.32. The van der Waals surface area contributed by atoms with E-state index in [-0.39, 0.29) is 25.1 Å². The van der Waals surface area contributed by atoms with Crippen LogP contribution in [-0.4, -0.2) is 29.2 Å². The smallest absolute Gasteiger partial charge is 0.311 e. The first-order valence-corrected chi connectivity index (χ1v) is 7.80. The summed E-state index contributed by atoms with van der Waals surface area (Å²) in [5, 5.41) is 21.3. The topological polar surface area (TPSA) is 95.9 Å². The van der Waals surface area contributed by atoms with Crippen LogP contribution < -0.4 is 5.32 Å². The van der Waals surface area contributed by atoms with Crippen molar-refractivity contribution in [1.82, 2.24) is 0 Å². The molecule has 0 radical (unpaired) electrons. The molecule has 0 saturated carbocycles. The number of esters is 1. The van der Waals surface area contributed by atoms with Gasteiger partial charge in [-0.2, -0.15) is 0 Å². The summed E-state index contributed by atoms with van der Waals surface area (Å²) in [4.78, 5) is 24.5. The van der Waals surface area contributed by atoms with Crippen LogP contribution in [0.5, 0.6) is 0 Å². The summed E-state index contributed by atoms with van der Waals surface area (Å²) in [6.07, 6.45) is 0.311. The van der Waals surface area contributed by atoms with E-state index in [4.69, 9.17) is 4.74 Å². The molecule has 1 amide bonds. The number of benzene rings is 1. The van der Waals surface area contributed by atoms with Gasteiger partial charge in [-0.3, -0.25) is 9.59 Å². The van der Waals surface area contributed by atoms with Gasteiger partial charge in [0, 0.05) is 11.1 Å². The minimum Gasteiger partial charge on any atom is -0.469 e. The average Bonchev–Trinajstić information content (AvgIpc) is 2.52. The highest BCUT2D eigenvalue weighted by molar-refractivity contribution is 5.95. The Kier molecular flexibility index (Phi) is 6.51. The molecule has 6 nitrogen and oxygen atoms in total. The van der Waals surface area contributed by atoms with Crippen LogP contribution in [0.3, 0.4) is 0 Å². The van der Waals surface area contributed by atoms with Crippen LogP contribution in [0.1, 0.15) is 45.2 Å². The molecule has 0 saturated heterocycles. The van der Waals surface area contributed by atoms with Crippen molar-refractivity contribution >= 4 is 17.6 Å². The monoisotopic (exact) mass is 337 g/mol. The van der Waals surface area contributed by atoms with Crippen LogP contribution in [-0.2, 0) is 27.5 Å². The molecular weight excluding hydrogens is 310 g/mol. The van der Waals surface area contributed by atoms with Crippen LogP contribution in [0.15, 0.2) is 18.2 Å². The molecule has 0 aliphatic rings. The number of amides is 1. The molecule has 24 heavy (non-hydrogen) atoms. The fourth-order valence-corrected chi connectivity index (χ4v) is 2.85. The largest absolute Gasteiger partial charge is 0.469 e. The molecule has 1 rings (SSSR count). The molecule has 0 fully saturated rings. The lowest BCUT2D eigenvalue weighted by atomic mass is 9.74. The molecular formula is C18H27NO5. The molecule has 0 bridgehead atoms. The van der Waals surface area contributed by atoms with Gasteiger partial charge < -0.3 is 20.3 Å². The first-order valence-electron chi connectivity index (χ1n) is 7.80. The molecule has 0 spiro atoms. The van der Waals surface area contributed by atoms with E-state index >= 15 is 0 Å². The second-order valence-corrected chi connectivity index (χ2v) is 7.24. The van der Waals surface area contributed by atoms with E-state index in [0.29, 0.717) is 23.2 Å². The standard InChI is InChI=1S/C18H27NO5/c1-17(2,11-18(3,4)16(23)24-5)15(22)19-14-7-12(9-20)6-13(8-14)10-21/h6-8,20-21H,9-11H2,1-5H3,(H,19,22). The van der Waals surface area contributed by atoms with Crippen molar-refractivity contribution in [2.24, 2.45) is 10.8 Å². The summed E-state index contributed by atoms with van der Waals surface area (Å²) >= 11 is 0. The number of anilines is 1. The fourth-order valence-electron chi connectivity index (χ4n) is 2.85. The van der Waals surface area contributed by atoms with Gasteiger partial charge in [-0.05, 0) is 43.5 Å². The van der Waals surface area contributed by atoms with Crippen molar-refractivity contribution in [3.63, 3.8) is 0 Å². The first-order chi connectivity index (χ1) is 11.1. The van der Waals surface area contributed by atoms with E-state index in [0.717, 1.165) is 0 Å². The zero-order valence-electron chi connectivity index (χ0n) is 15.0. The molecule has 6 heteroatoms. The number of rotatable bonds is 7. The van der Waals surface area contributed by atoms with Crippen LogP contribution >= 0.6 is 0 Å². The lowest BCUT2D eigenvalue weighted by Crippen LogP contribution is -2.38. The number of hydrogen-bond donors (Lipinski definition) is 3. The van der Waals surface area contributed by atoms with Gasteiger partial charge in [-0.15, -0.1) is 0 Å². The maximum Gasteiger partial charge on any atom is 0.311 e. The Hall–Kier alpha value is -1.92. The fraction of sp³-hybridized carbons (Fsp3) is 0.556. The van der Waals surface area contributed by atoms with Gasteiger partial charge in [-0.25, -0.2) is 0 Å². The highest BCUT2D eigenvalue weighted by Crippen LogP contribution is 2.35. The van der Waals surface area contributed by atoms with E-state index < -0.39 is 10.8 Å². The van der Waals surface area contributed by atoms with Crippen molar-refractivity contribution in [3.05, 3.63) is 29.3 Å². The molecule has 1 aromatic rings. The zero-order chi connectivity index (χ0) is 18.5. The van der Waals surface area contributed by atoms with Crippen LogP contribution in [0.25, 0.3) is 0 Å². The molecule has 1 aromatic carbocycles. The van der Waals surface area contributed by atoms with Gasteiger partial charge in [0.15, 0.2) is 0 Å². The Morgan fingerprint density at radius 3 is 1.92 bits per heavy atom. The predicted octanol–water partition coefficient (Wildman–Crippen LogP) is 2.23. The Morgan fingerprint density at radius 1 is 1.00 bits per heavy atom. The summed E-state index contributed by atoms with van der Waals surface area (Å²) < 4.78 is 4.79. The van der Waals surface area contributed by atoms with Gasteiger partial charge in [0.05, 0.1) is 25.7 Å².